The lowest BCUT2D eigenvalue weighted by Gasteiger charge is -2.21. The Morgan fingerprint density at radius 2 is 1.07 bits per heavy atom. The fourth-order valence-electron chi connectivity index (χ4n) is 3.73. The summed E-state index contributed by atoms with van der Waals surface area (Å²) in [5.41, 5.74) is 3.60. The predicted molar refractivity (Wildman–Crippen MR) is 164 cm³/mol. The zero-order valence-corrected chi connectivity index (χ0v) is 25.7. The lowest BCUT2D eigenvalue weighted by atomic mass is 9.85. The summed E-state index contributed by atoms with van der Waals surface area (Å²) in [5, 5.41) is 10.9. The Morgan fingerprint density at radius 3 is 1.41 bits per heavy atom. The molecule has 0 unspecified atom stereocenters. The van der Waals surface area contributed by atoms with Crippen molar-refractivity contribution in [2.45, 2.75) is 49.8 Å². The summed E-state index contributed by atoms with van der Waals surface area (Å²) in [5.74, 6) is -0.0222. The molecule has 0 aliphatic heterocycles. The maximum Gasteiger partial charge on any atom is 0.240 e. The van der Waals surface area contributed by atoms with Gasteiger partial charge in [0.25, 0.3) is 0 Å². The number of rotatable bonds is 12. The van der Waals surface area contributed by atoms with Gasteiger partial charge in [-0.05, 0) is 61.2 Å². The smallest absolute Gasteiger partial charge is 0.240 e. The van der Waals surface area contributed by atoms with Gasteiger partial charge in [-0.15, -0.1) is 0 Å². The SMILES string of the molecule is Cc1ccc(S(=O)(=O)NCCN=Cc2cc(C(C)(C)C)cc(C=NCCNS(=O)(=O)c3ccc(C)cc3)c2O)cc1. The summed E-state index contributed by atoms with van der Waals surface area (Å²) in [6.45, 7) is 10.4. The van der Waals surface area contributed by atoms with E-state index in [1.807, 2.05) is 46.8 Å². The molecule has 0 bridgehead atoms. The van der Waals surface area contributed by atoms with Gasteiger partial charge < -0.3 is 5.11 Å². The van der Waals surface area contributed by atoms with Crippen LogP contribution in [0.5, 0.6) is 5.75 Å². The fourth-order valence-corrected chi connectivity index (χ4v) is 5.77. The zero-order chi connectivity index (χ0) is 30.3. The summed E-state index contributed by atoms with van der Waals surface area (Å²) in [4.78, 5) is 9.01. The first-order chi connectivity index (χ1) is 19.2. The van der Waals surface area contributed by atoms with Crippen LogP contribution in [0.2, 0.25) is 0 Å². The summed E-state index contributed by atoms with van der Waals surface area (Å²) in [6.07, 6.45) is 3.02. The number of aryl methyl sites for hydroxylation is 2. The molecule has 0 heterocycles. The zero-order valence-electron chi connectivity index (χ0n) is 24.0. The molecule has 0 atom stereocenters. The highest BCUT2D eigenvalue weighted by Gasteiger charge is 2.18. The fraction of sp³-hybridized carbons (Fsp3) is 0.333. The summed E-state index contributed by atoms with van der Waals surface area (Å²) < 4.78 is 54.9. The highest BCUT2D eigenvalue weighted by Crippen LogP contribution is 2.29. The van der Waals surface area contributed by atoms with E-state index in [1.54, 1.807) is 48.5 Å². The van der Waals surface area contributed by atoms with Crippen molar-refractivity contribution in [2.75, 3.05) is 26.2 Å². The first kappa shape index (κ1) is 32.1. The van der Waals surface area contributed by atoms with Gasteiger partial charge in [0, 0.05) is 36.6 Å². The van der Waals surface area contributed by atoms with Crippen LogP contribution in [-0.4, -0.2) is 60.6 Å². The number of nitrogens with one attached hydrogen (secondary N) is 2. The Kier molecular flexibility index (Phi) is 10.6. The van der Waals surface area contributed by atoms with E-state index in [9.17, 15) is 21.9 Å². The average Bonchev–Trinajstić information content (AvgIpc) is 2.89. The van der Waals surface area contributed by atoms with Gasteiger partial charge in [0.1, 0.15) is 5.75 Å². The number of sulfonamides is 2. The van der Waals surface area contributed by atoms with E-state index >= 15 is 0 Å². The maximum absolute atomic E-state index is 12.5. The minimum absolute atomic E-state index is 0.0222. The van der Waals surface area contributed by atoms with Crippen LogP contribution in [0.1, 0.15) is 48.6 Å². The normalized spacial score (nSPS) is 12.9. The standard InChI is InChI=1S/C30H38N4O5S2/c1-22-6-10-27(11-7-22)40(36,37)33-16-14-31-20-24-18-26(30(3,4)5)19-25(29(24)35)21-32-15-17-34-41(38,39)28-12-8-23(2)9-13-28/h6-13,18-21,33-35H,14-17H2,1-5H3. The number of phenolic OH excluding ortho intramolecular Hbond substituents is 1. The van der Waals surface area contributed by atoms with Crippen LogP contribution in [-0.2, 0) is 25.5 Å². The van der Waals surface area contributed by atoms with Crippen LogP contribution >= 0.6 is 0 Å². The molecule has 0 spiro atoms. The molecule has 9 nitrogen and oxygen atoms in total. The van der Waals surface area contributed by atoms with Crippen molar-refractivity contribution < 1.29 is 21.9 Å². The third kappa shape index (κ3) is 9.32. The lowest BCUT2D eigenvalue weighted by Crippen LogP contribution is -2.26. The molecular formula is C30H38N4O5S2. The third-order valence-corrected chi connectivity index (χ3v) is 9.18. The molecule has 3 aromatic rings. The minimum atomic E-state index is -3.64. The Labute approximate surface area is 243 Å². The van der Waals surface area contributed by atoms with Gasteiger partial charge in [0.15, 0.2) is 0 Å². The quantitative estimate of drug-likeness (QED) is 0.213. The van der Waals surface area contributed by atoms with Crippen molar-refractivity contribution >= 4 is 32.5 Å². The van der Waals surface area contributed by atoms with E-state index in [2.05, 4.69) is 19.4 Å². The second-order valence-corrected chi connectivity index (χ2v) is 14.3. The predicted octanol–water partition coefficient (Wildman–Crippen LogP) is 4.10. The molecule has 41 heavy (non-hydrogen) atoms. The van der Waals surface area contributed by atoms with Gasteiger partial charge in [-0.3, -0.25) is 9.98 Å². The molecule has 3 rings (SSSR count). The molecule has 0 fully saturated rings. The van der Waals surface area contributed by atoms with Crippen molar-refractivity contribution in [2.24, 2.45) is 9.98 Å². The summed E-state index contributed by atoms with van der Waals surface area (Å²) in [7, 11) is -7.28. The van der Waals surface area contributed by atoms with E-state index in [4.69, 9.17) is 0 Å². The van der Waals surface area contributed by atoms with Gasteiger partial charge in [-0.25, -0.2) is 26.3 Å². The Hall–Kier alpha value is -3.38. The van der Waals surface area contributed by atoms with Crippen molar-refractivity contribution in [1.29, 1.82) is 0 Å². The van der Waals surface area contributed by atoms with Gasteiger partial charge in [0.05, 0.1) is 22.9 Å². The Morgan fingerprint density at radius 1 is 0.707 bits per heavy atom. The molecule has 0 saturated carbocycles. The molecule has 3 N–H and O–H groups in total. The highest BCUT2D eigenvalue weighted by molar-refractivity contribution is 7.89. The molecule has 0 amide bonds. The molecule has 0 radical (unpaired) electrons. The molecule has 3 aromatic carbocycles. The number of aromatic hydroxyl groups is 1. The molecule has 0 aliphatic carbocycles. The van der Waals surface area contributed by atoms with Crippen LogP contribution in [0.15, 0.2) is 80.4 Å². The van der Waals surface area contributed by atoms with E-state index in [-0.39, 0.29) is 47.1 Å². The van der Waals surface area contributed by atoms with E-state index in [1.165, 1.54) is 12.4 Å². The van der Waals surface area contributed by atoms with Crippen molar-refractivity contribution in [3.8, 4) is 5.75 Å². The first-order valence-electron chi connectivity index (χ1n) is 13.2. The van der Waals surface area contributed by atoms with Crippen LogP contribution < -0.4 is 9.44 Å². The Balaban J connectivity index is 1.65. The molecule has 11 heteroatoms. The second kappa shape index (κ2) is 13.5. The monoisotopic (exact) mass is 598 g/mol. The van der Waals surface area contributed by atoms with Crippen LogP contribution in [0.25, 0.3) is 0 Å². The van der Waals surface area contributed by atoms with Gasteiger partial charge in [-0.1, -0.05) is 56.2 Å². The highest BCUT2D eigenvalue weighted by atomic mass is 32.2. The second-order valence-electron chi connectivity index (χ2n) is 10.7. The van der Waals surface area contributed by atoms with Crippen LogP contribution in [0.3, 0.4) is 0 Å². The van der Waals surface area contributed by atoms with E-state index in [0.29, 0.717) is 11.1 Å². The lowest BCUT2D eigenvalue weighted by molar-refractivity contribution is 0.472. The van der Waals surface area contributed by atoms with Gasteiger partial charge in [0.2, 0.25) is 20.0 Å². The molecule has 0 aromatic heterocycles. The summed E-state index contributed by atoms with van der Waals surface area (Å²) in [6, 6.07) is 16.8. The van der Waals surface area contributed by atoms with Gasteiger partial charge in [-0.2, -0.15) is 0 Å². The van der Waals surface area contributed by atoms with E-state index < -0.39 is 20.0 Å². The van der Waals surface area contributed by atoms with Crippen molar-refractivity contribution in [3.05, 3.63) is 88.5 Å². The maximum atomic E-state index is 12.5. The number of phenols is 1. The number of hydrogen-bond donors (Lipinski definition) is 3. The molecule has 0 saturated heterocycles. The third-order valence-electron chi connectivity index (χ3n) is 6.22. The topological polar surface area (TPSA) is 137 Å². The summed E-state index contributed by atoms with van der Waals surface area (Å²) >= 11 is 0. The van der Waals surface area contributed by atoms with Crippen molar-refractivity contribution in [1.82, 2.24) is 9.44 Å². The van der Waals surface area contributed by atoms with Crippen LogP contribution in [0, 0.1) is 13.8 Å². The molecule has 220 valence electrons. The van der Waals surface area contributed by atoms with Crippen molar-refractivity contribution in [3.63, 3.8) is 0 Å². The number of aliphatic imine (C=N–C) groups is 2. The first-order valence-corrected chi connectivity index (χ1v) is 16.2. The molecular weight excluding hydrogens is 560 g/mol. The van der Waals surface area contributed by atoms with Gasteiger partial charge >= 0.3 is 0 Å². The Bertz CT molecular complexity index is 1490. The molecule has 0 aliphatic rings. The van der Waals surface area contributed by atoms with Crippen LogP contribution in [0.4, 0.5) is 0 Å². The number of hydrogen-bond acceptors (Lipinski definition) is 7. The van der Waals surface area contributed by atoms with E-state index in [0.717, 1.165) is 16.7 Å². The largest absolute Gasteiger partial charge is 0.507 e. The number of benzene rings is 3. The number of nitrogens with zero attached hydrogens (tertiary/aromatic N) is 2. The minimum Gasteiger partial charge on any atom is -0.507 e. The average molecular weight is 599 g/mol.